The predicted octanol–water partition coefficient (Wildman–Crippen LogP) is 2.42. The molecule has 0 saturated carbocycles. The Labute approximate surface area is 217 Å². The fourth-order valence-corrected chi connectivity index (χ4v) is 5.26. The molecule has 4 N–H and O–H groups in total. The Balaban J connectivity index is 1.49. The number of piperazine rings is 1. The van der Waals surface area contributed by atoms with Crippen molar-refractivity contribution in [2.75, 3.05) is 63.6 Å². The third kappa shape index (κ3) is 5.83. The monoisotopic (exact) mass is 517 g/mol. The van der Waals surface area contributed by atoms with Crippen LogP contribution in [0.5, 0.6) is 5.75 Å². The quantitative estimate of drug-likeness (QED) is 0.508. The van der Waals surface area contributed by atoms with Gasteiger partial charge in [-0.1, -0.05) is 11.6 Å². The van der Waals surface area contributed by atoms with Crippen LogP contribution in [0.1, 0.15) is 42.9 Å². The lowest BCUT2D eigenvalue weighted by molar-refractivity contribution is 0.0732. The maximum absolute atomic E-state index is 12.1. The largest absolute Gasteiger partial charge is 0.495 e. The predicted molar refractivity (Wildman–Crippen MR) is 141 cm³/mol. The zero-order valence-electron chi connectivity index (χ0n) is 21.4. The number of primary amides is 1. The second-order valence-corrected chi connectivity index (χ2v) is 10.4. The molecular formula is C25H36ClN7O3. The van der Waals surface area contributed by atoms with Gasteiger partial charge in [0.05, 0.1) is 12.8 Å². The molecule has 2 fully saturated rings. The van der Waals surface area contributed by atoms with E-state index in [1.54, 1.807) is 7.11 Å². The molecule has 36 heavy (non-hydrogen) atoms. The maximum atomic E-state index is 12.1. The highest BCUT2D eigenvalue weighted by Gasteiger charge is 2.28. The first-order valence-electron chi connectivity index (χ1n) is 12.3. The molecule has 0 bridgehead atoms. The van der Waals surface area contributed by atoms with Crippen molar-refractivity contribution in [3.8, 4) is 5.75 Å². The van der Waals surface area contributed by atoms with E-state index in [0.717, 1.165) is 31.9 Å². The number of halogens is 1. The van der Waals surface area contributed by atoms with Crippen LogP contribution in [0.15, 0.2) is 18.2 Å². The van der Waals surface area contributed by atoms with E-state index in [1.165, 1.54) is 39.8 Å². The van der Waals surface area contributed by atoms with Gasteiger partial charge in [-0.25, -0.2) is 9.97 Å². The number of amides is 1. The number of benzene rings is 1. The number of anilines is 3. The summed E-state index contributed by atoms with van der Waals surface area (Å²) < 4.78 is 5.71. The highest BCUT2D eigenvalue weighted by atomic mass is 35.5. The first-order chi connectivity index (χ1) is 17.1. The minimum absolute atomic E-state index is 0.0129. The lowest BCUT2D eigenvalue weighted by Gasteiger charge is -2.43. The van der Waals surface area contributed by atoms with E-state index in [2.05, 4.69) is 37.0 Å². The molecule has 2 aromatic rings. The minimum atomic E-state index is -1.38. The molecule has 2 aliphatic heterocycles. The molecule has 0 unspecified atom stereocenters. The van der Waals surface area contributed by atoms with Crippen molar-refractivity contribution in [1.29, 1.82) is 0 Å². The first-order valence-corrected chi connectivity index (χ1v) is 12.7. The number of nitrogens with two attached hydrogens (primary N) is 1. The number of aromatic nitrogens is 2. The van der Waals surface area contributed by atoms with Crippen LogP contribution in [0, 0.1) is 0 Å². The van der Waals surface area contributed by atoms with Gasteiger partial charge in [-0.15, -0.1) is 0 Å². The van der Waals surface area contributed by atoms with Gasteiger partial charge in [0.1, 0.15) is 17.0 Å². The van der Waals surface area contributed by atoms with E-state index in [9.17, 15) is 9.90 Å². The Hall–Kier alpha value is -2.66. The molecule has 0 spiro atoms. The van der Waals surface area contributed by atoms with E-state index in [4.69, 9.17) is 22.1 Å². The number of piperidine rings is 1. The number of hydrogen-bond donors (Lipinski definition) is 3. The van der Waals surface area contributed by atoms with Crippen LogP contribution in [0.25, 0.3) is 0 Å². The average molecular weight is 518 g/mol. The number of aliphatic hydroxyl groups is 1. The molecule has 0 atom stereocenters. The average Bonchev–Trinajstić information content (AvgIpc) is 2.83. The van der Waals surface area contributed by atoms with Crippen molar-refractivity contribution < 1.29 is 14.6 Å². The molecule has 196 valence electrons. The zero-order valence-corrected chi connectivity index (χ0v) is 22.2. The number of nitrogens with one attached hydrogen (secondary N) is 1. The van der Waals surface area contributed by atoms with E-state index < -0.39 is 11.5 Å². The minimum Gasteiger partial charge on any atom is -0.495 e. The summed E-state index contributed by atoms with van der Waals surface area (Å²) in [7, 11) is 3.83. The summed E-state index contributed by atoms with van der Waals surface area (Å²) in [5.74, 6) is 0.0424. The van der Waals surface area contributed by atoms with Crippen LogP contribution in [0.3, 0.4) is 0 Å². The molecule has 1 aromatic heterocycles. The molecule has 2 aliphatic rings. The van der Waals surface area contributed by atoms with Gasteiger partial charge in [0, 0.05) is 44.0 Å². The Morgan fingerprint density at radius 3 is 2.42 bits per heavy atom. The topological polar surface area (TPSA) is 120 Å². The Morgan fingerprint density at radius 2 is 1.83 bits per heavy atom. The van der Waals surface area contributed by atoms with Crippen molar-refractivity contribution in [1.82, 2.24) is 19.8 Å². The van der Waals surface area contributed by atoms with Crippen LogP contribution >= 0.6 is 11.6 Å². The second-order valence-electron chi connectivity index (χ2n) is 10.1. The molecule has 11 heteroatoms. The normalized spacial score (nSPS) is 18.3. The lowest BCUT2D eigenvalue weighted by atomic mass is 10.0. The summed E-state index contributed by atoms with van der Waals surface area (Å²) >= 11 is 6.25. The van der Waals surface area contributed by atoms with Gasteiger partial charge in [0.15, 0.2) is 16.7 Å². The first kappa shape index (κ1) is 26.4. The van der Waals surface area contributed by atoms with Crippen molar-refractivity contribution >= 4 is 34.7 Å². The lowest BCUT2D eigenvalue weighted by Crippen LogP contribution is -2.53. The Kier molecular flexibility index (Phi) is 7.89. The fraction of sp³-hybridized carbons (Fsp3) is 0.560. The van der Waals surface area contributed by atoms with Crippen LogP contribution in [0.4, 0.5) is 17.2 Å². The molecule has 1 aromatic carbocycles. The van der Waals surface area contributed by atoms with E-state index >= 15 is 0 Å². The fourth-order valence-electron chi connectivity index (χ4n) is 4.90. The molecule has 4 rings (SSSR count). The number of ether oxygens (including phenoxy) is 1. The number of likely N-dealkylation sites (tertiary alicyclic amines) is 1. The van der Waals surface area contributed by atoms with Crippen molar-refractivity contribution in [3.05, 3.63) is 34.7 Å². The molecule has 0 radical (unpaired) electrons. The van der Waals surface area contributed by atoms with Gasteiger partial charge in [-0.3, -0.25) is 9.69 Å². The number of carbonyl (C=O) groups is 1. The van der Waals surface area contributed by atoms with Crippen LogP contribution in [-0.4, -0.2) is 90.2 Å². The van der Waals surface area contributed by atoms with Crippen LogP contribution in [-0.2, 0) is 5.60 Å². The van der Waals surface area contributed by atoms with Crippen molar-refractivity contribution in [3.63, 3.8) is 0 Å². The van der Waals surface area contributed by atoms with E-state index in [-0.39, 0.29) is 22.4 Å². The van der Waals surface area contributed by atoms with Gasteiger partial charge in [0.25, 0.3) is 5.91 Å². The van der Waals surface area contributed by atoms with Crippen LogP contribution < -0.4 is 20.7 Å². The summed E-state index contributed by atoms with van der Waals surface area (Å²) in [6, 6.07) is 6.41. The maximum Gasteiger partial charge on any atom is 0.271 e. The molecule has 1 amide bonds. The highest BCUT2D eigenvalue weighted by molar-refractivity contribution is 6.30. The standard InChI is InChI=1S/C25H36ClN7O3/c1-25(2,35)21-22(26)30-24(20(29-21)23(27)34)28-16-5-6-18(19(15-16)36-4)33-13-11-32(12-14-33)17-7-9-31(3)10-8-17/h5-6,15,17,35H,7-14H2,1-4H3,(H2,27,34)(H,28,30). The van der Waals surface area contributed by atoms with E-state index in [0.29, 0.717) is 17.5 Å². The zero-order chi connectivity index (χ0) is 26.0. The SMILES string of the molecule is COc1cc(Nc2nc(Cl)c(C(C)(C)O)nc2C(N)=O)ccc1N1CCN(C2CCN(C)CC2)CC1. The van der Waals surface area contributed by atoms with Crippen molar-refractivity contribution in [2.45, 2.75) is 38.3 Å². The Morgan fingerprint density at radius 1 is 1.17 bits per heavy atom. The second kappa shape index (κ2) is 10.8. The van der Waals surface area contributed by atoms with Crippen molar-refractivity contribution in [2.24, 2.45) is 5.73 Å². The van der Waals surface area contributed by atoms with Gasteiger partial charge < -0.3 is 30.7 Å². The molecule has 2 saturated heterocycles. The number of rotatable bonds is 7. The van der Waals surface area contributed by atoms with E-state index in [1.807, 2.05) is 18.2 Å². The molecule has 3 heterocycles. The summed E-state index contributed by atoms with van der Waals surface area (Å²) in [5.41, 5.74) is 5.79. The number of nitrogens with zero attached hydrogens (tertiary/aromatic N) is 5. The molecular weight excluding hydrogens is 482 g/mol. The smallest absolute Gasteiger partial charge is 0.271 e. The number of carbonyl (C=O) groups excluding carboxylic acids is 1. The summed E-state index contributed by atoms with van der Waals surface area (Å²) in [4.78, 5) is 27.9. The Bertz CT molecular complexity index is 1090. The summed E-state index contributed by atoms with van der Waals surface area (Å²) in [5, 5.41) is 13.4. The van der Waals surface area contributed by atoms with Gasteiger partial charge >= 0.3 is 0 Å². The molecule has 0 aliphatic carbocycles. The third-order valence-electron chi connectivity index (χ3n) is 6.97. The number of hydrogen-bond acceptors (Lipinski definition) is 9. The summed E-state index contributed by atoms with van der Waals surface area (Å²) in [6.07, 6.45) is 2.47. The summed E-state index contributed by atoms with van der Waals surface area (Å²) in [6.45, 7) is 9.28. The number of methoxy groups -OCH3 is 1. The van der Waals surface area contributed by atoms with Gasteiger partial charge in [-0.2, -0.15) is 0 Å². The molecule has 10 nitrogen and oxygen atoms in total. The highest BCUT2D eigenvalue weighted by Crippen LogP contribution is 2.34. The van der Waals surface area contributed by atoms with Gasteiger partial charge in [0.2, 0.25) is 0 Å². The van der Waals surface area contributed by atoms with Crippen LogP contribution in [0.2, 0.25) is 5.15 Å². The third-order valence-corrected chi connectivity index (χ3v) is 7.23. The van der Waals surface area contributed by atoms with Gasteiger partial charge in [-0.05, 0) is 59.0 Å².